The molecule has 1 heterocycles. The predicted molar refractivity (Wildman–Crippen MR) is 42.4 cm³/mol. The Kier molecular flexibility index (Phi) is 3.40. The second kappa shape index (κ2) is 4.14. The highest BCUT2D eigenvalue weighted by atomic mass is 19.3. The highest BCUT2D eigenvalue weighted by molar-refractivity contribution is 4.75. The molecule has 1 atom stereocenters. The largest absolute Gasteiger partial charge is 0.381 e. The van der Waals surface area contributed by atoms with Crippen LogP contribution in [0, 0.1) is 5.92 Å². The lowest BCUT2D eigenvalue weighted by molar-refractivity contribution is -0.0209. The minimum Gasteiger partial charge on any atom is -0.381 e. The van der Waals surface area contributed by atoms with Crippen LogP contribution in [0.5, 0.6) is 0 Å². The van der Waals surface area contributed by atoms with Gasteiger partial charge < -0.3 is 10.1 Å². The molecule has 12 heavy (non-hydrogen) atoms. The van der Waals surface area contributed by atoms with E-state index in [9.17, 15) is 8.78 Å². The molecule has 0 saturated carbocycles. The Hall–Kier alpha value is -0.220. The van der Waals surface area contributed by atoms with E-state index in [0.29, 0.717) is 13.2 Å². The molecule has 0 aromatic carbocycles. The molecule has 1 rings (SSSR count). The van der Waals surface area contributed by atoms with E-state index < -0.39 is 5.92 Å². The minimum absolute atomic E-state index is 0.0478. The summed E-state index contributed by atoms with van der Waals surface area (Å²) in [5, 5.41) is 2.49. The second-order valence-electron chi connectivity index (χ2n) is 3.32. The van der Waals surface area contributed by atoms with Crippen molar-refractivity contribution in [3.05, 3.63) is 0 Å². The Balaban J connectivity index is 2.27. The summed E-state index contributed by atoms with van der Waals surface area (Å²) < 4.78 is 30.9. The van der Waals surface area contributed by atoms with Gasteiger partial charge in [0.05, 0.1) is 6.54 Å². The van der Waals surface area contributed by atoms with E-state index in [-0.39, 0.29) is 18.9 Å². The van der Waals surface area contributed by atoms with Gasteiger partial charge in [0.25, 0.3) is 5.92 Å². The molecular formula is C8H15F2NO. The molecule has 2 nitrogen and oxygen atoms in total. The molecule has 0 radical (unpaired) electrons. The van der Waals surface area contributed by atoms with Crippen molar-refractivity contribution in [3.8, 4) is 0 Å². The van der Waals surface area contributed by atoms with Gasteiger partial charge in [0.15, 0.2) is 0 Å². The molecular weight excluding hydrogens is 164 g/mol. The lowest BCUT2D eigenvalue weighted by atomic mass is 10.0. The highest BCUT2D eigenvalue weighted by Crippen LogP contribution is 2.27. The third-order valence-corrected chi connectivity index (χ3v) is 2.05. The van der Waals surface area contributed by atoms with Crippen molar-refractivity contribution < 1.29 is 13.5 Å². The second-order valence-corrected chi connectivity index (χ2v) is 3.32. The van der Waals surface area contributed by atoms with Crippen LogP contribution in [0.15, 0.2) is 0 Å². The van der Waals surface area contributed by atoms with Crippen molar-refractivity contribution in [1.29, 1.82) is 0 Å². The Morgan fingerprint density at radius 2 is 2.33 bits per heavy atom. The van der Waals surface area contributed by atoms with Gasteiger partial charge in [-0.15, -0.1) is 0 Å². The smallest absolute Gasteiger partial charge is 0.260 e. The summed E-state index contributed by atoms with van der Waals surface area (Å²) in [6, 6.07) is 0. The average Bonchev–Trinajstić information content (AvgIpc) is 2.38. The van der Waals surface area contributed by atoms with E-state index in [2.05, 4.69) is 5.32 Å². The molecule has 1 aliphatic rings. The number of halogens is 2. The highest BCUT2D eigenvalue weighted by Gasteiger charge is 2.33. The van der Waals surface area contributed by atoms with Gasteiger partial charge >= 0.3 is 0 Å². The first kappa shape index (κ1) is 9.86. The normalized spacial score (nSPS) is 24.8. The number of alkyl halides is 2. The number of rotatable bonds is 4. The molecule has 0 aliphatic carbocycles. The predicted octanol–water partition coefficient (Wildman–Crippen LogP) is 1.27. The Labute approximate surface area is 71.3 Å². The quantitative estimate of drug-likeness (QED) is 0.701. The SMILES string of the molecule is CNCC(F)(F)CC1CCOC1. The molecule has 0 amide bonds. The number of hydrogen-bond donors (Lipinski definition) is 1. The molecule has 0 bridgehead atoms. The van der Waals surface area contributed by atoms with Crippen molar-refractivity contribution in [2.24, 2.45) is 5.92 Å². The zero-order valence-corrected chi connectivity index (χ0v) is 7.28. The summed E-state index contributed by atoms with van der Waals surface area (Å²) in [5.41, 5.74) is 0. The molecule has 1 saturated heterocycles. The Morgan fingerprint density at radius 1 is 1.58 bits per heavy atom. The topological polar surface area (TPSA) is 21.3 Å². The number of nitrogens with one attached hydrogen (secondary N) is 1. The number of hydrogen-bond acceptors (Lipinski definition) is 2. The van der Waals surface area contributed by atoms with Gasteiger partial charge in [-0.25, -0.2) is 8.78 Å². The van der Waals surface area contributed by atoms with Crippen molar-refractivity contribution in [2.45, 2.75) is 18.8 Å². The van der Waals surface area contributed by atoms with Gasteiger partial charge in [-0.1, -0.05) is 0 Å². The van der Waals surface area contributed by atoms with Crippen molar-refractivity contribution in [1.82, 2.24) is 5.32 Å². The zero-order chi connectivity index (χ0) is 9.03. The fourth-order valence-electron chi connectivity index (χ4n) is 1.50. The monoisotopic (exact) mass is 179 g/mol. The van der Waals surface area contributed by atoms with E-state index in [1.165, 1.54) is 0 Å². The lowest BCUT2D eigenvalue weighted by Gasteiger charge is -2.18. The molecule has 0 aromatic heterocycles. The maximum absolute atomic E-state index is 13.0. The van der Waals surface area contributed by atoms with E-state index >= 15 is 0 Å². The van der Waals surface area contributed by atoms with Crippen LogP contribution in [0.4, 0.5) is 8.78 Å². The van der Waals surface area contributed by atoms with Crippen LogP contribution in [0.1, 0.15) is 12.8 Å². The first-order valence-electron chi connectivity index (χ1n) is 4.24. The van der Waals surface area contributed by atoms with Gasteiger partial charge in [0.2, 0.25) is 0 Å². The van der Waals surface area contributed by atoms with Crippen LogP contribution in [-0.2, 0) is 4.74 Å². The molecule has 1 aliphatic heterocycles. The molecule has 72 valence electrons. The maximum Gasteiger partial charge on any atom is 0.260 e. The van der Waals surface area contributed by atoms with E-state index in [1.807, 2.05) is 0 Å². The van der Waals surface area contributed by atoms with Crippen LogP contribution >= 0.6 is 0 Å². The third kappa shape index (κ3) is 3.03. The van der Waals surface area contributed by atoms with Gasteiger partial charge in [-0.3, -0.25) is 0 Å². The molecule has 1 fully saturated rings. The van der Waals surface area contributed by atoms with Gasteiger partial charge in [-0.05, 0) is 19.4 Å². The summed E-state index contributed by atoms with van der Waals surface area (Å²) in [4.78, 5) is 0. The van der Waals surface area contributed by atoms with Crippen LogP contribution in [0.3, 0.4) is 0 Å². The molecule has 1 unspecified atom stereocenters. The molecule has 1 N–H and O–H groups in total. The van der Waals surface area contributed by atoms with Crippen molar-refractivity contribution in [3.63, 3.8) is 0 Å². The summed E-state index contributed by atoms with van der Waals surface area (Å²) in [7, 11) is 1.54. The molecule has 0 spiro atoms. The maximum atomic E-state index is 13.0. The number of ether oxygens (including phenoxy) is 1. The van der Waals surface area contributed by atoms with Gasteiger partial charge in [-0.2, -0.15) is 0 Å². The third-order valence-electron chi connectivity index (χ3n) is 2.05. The molecule has 0 aromatic rings. The van der Waals surface area contributed by atoms with Crippen molar-refractivity contribution in [2.75, 3.05) is 26.8 Å². The van der Waals surface area contributed by atoms with Gasteiger partial charge in [0, 0.05) is 19.6 Å². The lowest BCUT2D eigenvalue weighted by Crippen LogP contribution is -2.32. The van der Waals surface area contributed by atoms with Crippen LogP contribution in [-0.4, -0.2) is 32.7 Å². The summed E-state index contributed by atoms with van der Waals surface area (Å²) in [6.45, 7) is 0.906. The van der Waals surface area contributed by atoms with Crippen LogP contribution in [0.25, 0.3) is 0 Å². The first-order chi connectivity index (χ1) is 5.64. The average molecular weight is 179 g/mol. The standard InChI is InChI=1S/C8H15F2NO/c1-11-6-8(9,10)4-7-2-3-12-5-7/h7,11H,2-6H2,1H3. The van der Waals surface area contributed by atoms with Gasteiger partial charge in [0.1, 0.15) is 0 Å². The first-order valence-corrected chi connectivity index (χ1v) is 4.24. The summed E-state index contributed by atoms with van der Waals surface area (Å²) in [6.07, 6.45) is 0.729. The Morgan fingerprint density at radius 3 is 2.83 bits per heavy atom. The fourth-order valence-corrected chi connectivity index (χ4v) is 1.50. The van der Waals surface area contributed by atoms with Crippen molar-refractivity contribution >= 4 is 0 Å². The summed E-state index contributed by atoms with van der Waals surface area (Å²) in [5.74, 6) is -2.53. The van der Waals surface area contributed by atoms with E-state index in [1.54, 1.807) is 7.05 Å². The summed E-state index contributed by atoms with van der Waals surface area (Å²) >= 11 is 0. The van der Waals surface area contributed by atoms with E-state index in [4.69, 9.17) is 4.74 Å². The fraction of sp³-hybridized carbons (Fsp3) is 1.00. The van der Waals surface area contributed by atoms with Crippen LogP contribution in [0.2, 0.25) is 0 Å². The Bertz CT molecular complexity index is 135. The van der Waals surface area contributed by atoms with Crippen LogP contribution < -0.4 is 5.32 Å². The van der Waals surface area contributed by atoms with E-state index in [0.717, 1.165) is 6.42 Å². The zero-order valence-electron chi connectivity index (χ0n) is 7.28. The minimum atomic E-state index is -2.58. The molecule has 4 heteroatoms.